The lowest BCUT2D eigenvalue weighted by atomic mass is 10.2. The van der Waals surface area contributed by atoms with Crippen molar-refractivity contribution in [3.05, 3.63) is 28.8 Å². The molecule has 1 aliphatic rings. The van der Waals surface area contributed by atoms with Crippen molar-refractivity contribution in [2.45, 2.75) is 30.6 Å². The minimum absolute atomic E-state index is 0.102. The summed E-state index contributed by atoms with van der Waals surface area (Å²) in [4.78, 5) is 12.3. The van der Waals surface area contributed by atoms with Gasteiger partial charge in [0.25, 0.3) is 5.91 Å². The number of carbonyl (C=O) groups excluding carboxylic acids is 1. The van der Waals surface area contributed by atoms with E-state index in [9.17, 15) is 13.2 Å². The van der Waals surface area contributed by atoms with Crippen molar-refractivity contribution in [3.63, 3.8) is 0 Å². The minimum atomic E-state index is -3.61. The maximum atomic E-state index is 12.8. The van der Waals surface area contributed by atoms with Crippen molar-refractivity contribution in [1.82, 2.24) is 9.62 Å². The largest absolute Gasteiger partial charge is 0.383 e. The third-order valence-electron chi connectivity index (χ3n) is 3.98. The normalized spacial score (nSPS) is 16.6. The number of nitrogens with zero attached hydrogens (tertiary/aromatic N) is 1. The Morgan fingerprint density at radius 2 is 1.92 bits per heavy atom. The number of sulfonamides is 1. The van der Waals surface area contributed by atoms with Gasteiger partial charge in [-0.25, -0.2) is 8.42 Å². The molecule has 24 heavy (non-hydrogen) atoms. The van der Waals surface area contributed by atoms with Crippen LogP contribution in [0, 0.1) is 0 Å². The van der Waals surface area contributed by atoms with Crippen molar-refractivity contribution < 1.29 is 17.9 Å². The van der Waals surface area contributed by atoms with Gasteiger partial charge in [-0.05, 0) is 31.0 Å². The van der Waals surface area contributed by atoms with Crippen LogP contribution in [0.3, 0.4) is 0 Å². The van der Waals surface area contributed by atoms with Crippen molar-refractivity contribution in [3.8, 4) is 0 Å². The molecule has 0 bridgehead atoms. The Morgan fingerprint density at radius 3 is 2.54 bits per heavy atom. The molecule has 0 saturated carbocycles. The zero-order chi connectivity index (χ0) is 17.6. The van der Waals surface area contributed by atoms with Crippen LogP contribution >= 0.6 is 11.6 Å². The van der Waals surface area contributed by atoms with E-state index in [1.54, 1.807) is 0 Å². The highest BCUT2D eigenvalue weighted by molar-refractivity contribution is 7.89. The zero-order valence-corrected chi connectivity index (χ0v) is 15.3. The zero-order valence-electron chi connectivity index (χ0n) is 13.8. The van der Waals surface area contributed by atoms with Crippen molar-refractivity contribution in [2.24, 2.45) is 0 Å². The molecule has 0 spiro atoms. The van der Waals surface area contributed by atoms with Crippen LogP contribution in [0.1, 0.15) is 36.0 Å². The Hall–Kier alpha value is -1.15. The molecule has 0 radical (unpaired) electrons. The summed E-state index contributed by atoms with van der Waals surface area (Å²) in [6, 6.07) is 4.26. The third-order valence-corrected chi connectivity index (χ3v) is 6.20. The van der Waals surface area contributed by atoms with E-state index in [1.807, 2.05) is 0 Å². The van der Waals surface area contributed by atoms with Gasteiger partial charge in [-0.2, -0.15) is 4.31 Å². The lowest BCUT2D eigenvalue weighted by molar-refractivity contribution is 0.0937. The fourth-order valence-corrected chi connectivity index (χ4v) is 4.38. The molecule has 134 valence electrons. The first-order chi connectivity index (χ1) is 11.5. The Balaban J connectivity index is 2.24. The van der Waals surface area contributed by atoms with E-state index < -0.39 is 15.9 Å². The molecule has 8 heteroatoms. The van der Waals surface area contributed by atoms with Gasteiger partial charge in [0.1, 0.15) is 0 Å². The van der Waals surface area contributed by atoms with E-state index in [0.29, 0.717) is 26.2 Å². The summed E-state index contributed by atoms with van der Waals surface area (Å²) in [5.74, 6) is -0.412. The number of amides is 1. The summed E-state index contributed by atoms with van der Waals surface area (Å²) in [5.41, 5.74) is 0.156. The number of benzene rings is 1. The standard InChI is InChI=1S/C16H23ClN2O4S/c1-23-11-8-18-16(20)14-12-13(6-7-15(14)17)24(21,22)19-9-4-2-3-5-10-19/h6-7,12H,2-5,8-11H2,1H3,(H,18,20). The van der Waals surface area contributed by atoms with Gasteiger partial charge in [0.2, 0.25) is 10.0 Å². The first kappa shape index (κ1) is 19.2. The number of methoxy groups -OCH3 is 1. The molecule has 6 nitrogen and oxygen atoms in total. The van der Waals surface area contributed by atoms with Crippen LogP contribution in [-0.4, -0.2) is 52.0 Å². The first-order valence-corrected chi connectivity index (χ1v) is 9.85. The molecule has 0 aromatic heterocycles. The number of halogens is 1. The molecular formula is C16H23ClN2O4S. The van der Waals surface area contributed by atoms with Crippen LogP contribution in [0.2, 0.25) is 5.02 Å². The molecule has 1 heterocycles. The summed E-state index contributed by atoms with van der Waals surface area (Å²) in [7, 11) is -2.08. The van der Waals surface area contributed by atoms with Gasteiger partial charge >= 0.3 is 0 Å². The second kappa shape index (κ2) is 8.80. The van der Waals surface area contributed by atoms with Crippen LogP contribution in [0.4, 0.5) is 0 Å². The highest BCUT2D eigenvalue weighted by Gasteiger charge is 2.26. The first-order valence-electron chi connectivity index (χ1n) is 8.03. The number of hydrogen-bond acceptors (Lipinski definition) is 4. The van der Waals surface area contributed by atoms with E-state index in [0.717, 1.165) is 25.7 Å². The van der Waals surface area contributed by atoms with Gasteiger partial charge in [-0.3, -0.25) is 4.79 Å². The smallest absolute Gasteiger partial charge is 0.252 e. The number of hydrogen-bond donors (Lipinski definition) is 1. The second-order valence-corrected chi connectivity index (χ2v) is 8.05. The summed E-state index contributed by atoms with van der Waals surface area (Å²) in [5, 5.41) is 2.87. The molecule has 2 rings (SSSR count). The molecule has 1 saturated heterocycles. The summed E-state index contributed by atoms with van der Waals surface area (Å²) in [6.45, 7) is 1.73. The molecule has 1 amide bonds. The second-order valence-electron chi connectivity index (χ2n) is 5.71. The van der Waals surface area contributed by atoms with E-state index in [2.05, 4.69) is 5.32 Å². The molecule has 1 aromatic rings. The van der Waals surface area contributed by atoms with E-state index in [-0.39, 0.29) is 15.5 Å². The van der Waals surface area contributed by atoms with Crippen LogP contribution in [0.25, 0.3) is 0 Å². The van der Waals surface area contributed by atoms with Gasteiger partial charge in [0.15, 0.2) is 0 Å². The average molecular weight is 375 g/mol. The van der Waals surface area contributed by atoms with Crippen molar-refractivity contribution in [1.29, 1.82) is 0 Å². The Labute approximate surface area is 148 Å². The highest BCUT2D eigenvalue weighted by atomic mass is 35.5. The van der Waals surface area contributed by atoms with E-state index in [4.69, 9.17) is 16.3 Å². The van der Waals surface area contributed by atoms with Crippen LogP contribution in [-0.2, 0) is 14.8 Å². The maximum Gasteiger partial charge on any atom is 0.252 e. The topological polar surface area (TPSA) is 75.7 Å². The monoisotopic (exact) mass is 374 g/mol. The molecule has 1 N–H and O–H groups in total. The number of carbonyl (C=O) groups is 1. The number of nitrogens with one attached hydrogen (secondary N) is 1. The molecule has 0 aliphatic carbocycles. The van der Waals surface area contributed by atoms with Crippen molar-refractivity contribution in [2.75, 3.05) is 33.4 Å². The van der Waals surface area contributed by atoms with Gasteiger partial charge in [0, 0.05) is 26.7 Å². The lowest BCUT2D eigenvalue weighted by Crippen LogP contribution is -2.32. The predicted octanol–water partition coefficient (Wildman–Crippen LogP) is 2.28. The van der Waals surface area contributed by atoms with Crippen LogP contribution in [0.5, 0.6) is 0 Å². The number of rotatable bonds is 6. The van der Waals surface area contributed by atoms with E-state index >= 15 is 0 Å². The molecule has 1 aliphatic heterocycles. The average Bonchev–Trinajstić information content (AvgIpc) is 2.85. The van der Waals surface area contributed by atoms with Gasteiger partial charge in [-0.15, -0.1) is 0 Å². The van der Waals surface area contributed by atoms with Gasteiger partial charge in [0.05, 0.1) is 22.1 Å². The minimum Gasteiger partial charge on any atom is -0.383 e. The Morgan fingerprint density at radius 1 is 1.25 bits per heavy atom. The number of ether oxygens (including phenoxy) is 1. The maximum absolute atomic E-state index is 12.8. The van der Waals surface area contributed by atoms with Crippen LogP contribution in [0.15, 0.2) is 23.1 Å². The lowest BCUT2D eigenvalue weighted by Gasteiger charge is -2.20. The van der Waals surface area contributed by atoms with Gasteiger partial charge in [-0.1, -0.05) is 24.4 Å². The predicted molar refractivity (Wildman–Crippen MR) is 92.9 cm³/mol. The SMILES string of the molecule is COCCNC(=O)c1cc(S(=O)(=O)N2CCCCCC2)ccc1Cl. The summed E-state index contributed by atoms with van der Waals surface area (Å²) in [6.07, 6.45) is 3.80. The summed E-state index contributed by atoms with van der Waals surface area (Å²) < 4.78 is 32.0. The molecular weight excluding hydrogens is 352 g/mol. The Kier molecular flexibility index (Phi) is 7.03. The Bertz CT molecular complexity index is 671. The van der Waals surface area contributed by atoms with Crippen LogP contribution < -0.4 is 5.32 Å². The third kappa shape index (κ3) is 4.69. The quantitative estimate of drug-likeness (QED) is 0.775. The molecule has 1 fully saturated rings. The molecule has 0 atom stereocenters. The van der Waals surface area contributed by atoms with Crippen molar-refractivity contribution >= 4 is 27.5 Å². The molecule has 1 aromatic carbocycles. The molecule has 0 unspecified atom stereocenters. The fourth-order valence-electron chi connectivity index (χ4n) is 2.63. The summed E-state index contributed by atoms with van der Waals surface area (Å²) >= 11 is 6.07. The van der Waals surface area contributed by atoms with Gasteiger partial charge < -0.3 is 10.1 Å². The fraction of sp³-hybridized carbons (Fsp3) is 0.562. The highest BCUT2D eigenvalue weighted by Crippen LogP contribution is 2.24. The van der Waals surface area contributed by atoms with E-state index in [1.165, 1.54) is 29.6 Å².